The highest BCUT2D eigenvalue weighted by atomic mass is 35.5. The lowest BCUT2D eigenvalue weighted by Gasteiger charge is -2.19. The number of aliphatic carboxylic acids is 1. The fourth-order valence-electron chi connectivity index (χ4n) is 7.99. The molecular weight excluding hydrogens is 766 g/mol. The predicted molar refractivity (Wildman–Crippen MR) is 226 cm³/mol. The van der Waals surface area contributed by atoms with Crippen LogP contribution >= 0.6 is 11.6 Å². The van der Waals surface area contributed by atoms with E-state index in [4.69, 9.17) is 26.2 Å². The van der Waals surface area contributed by atoms with Crippen LogP contribution in [0.4, 0.5) is 0 Å². The molecule has 0 spiro atoms. The minimum absolute atomic E-state index is 0.0588. The minimum atomic E-state index is -1.09. The van der Waals surface area contributed by atoms with Crippen LogP contribution in [0.2, 0.25) is 5.02 Å². The van der Waals surface area contributed by atoms with E-state index in [1.54, 1.807) is 24.4 Å². The number of amides is 1. The number of rotatable bonds is 17. The van der Waals surface area contributed by atoms with E-state index in [0.717, 1.165) is 48.1 Å². The van der Waals surface area contributed by atoms with Gasteiger partial charge < -0.3 is 35.6 Å². The molecule has 1 aliphatic heterocycles. The maximum absolute atomic E-state index is 11.6. The van der Waals surface area contributed by atoms with Gasteiger partial charge >= 0.3 is 5.97 Å². The van der Waals surface area contributed by atoms with Crippen LogP contribution in [0.3, 0.4) is 0 Å². The fourth-order valence-corrected chi connectivity index (χ4v) is 8.23. The number of carbonyl (C=O) groups is 2. The molecule has 7 rings (SSSR count). The van der Waals surface area contributed by atoms with Gasteiger partial charge in [-0.3, -0.25) is 14.6 Å². The van der Waals surface area contributed by atoms with Crippen molar-refractivity contribution >= 4 is 23.5 Å². The van der Waals surface area contributed by atoms with Gasteiger partial charge in [0.25, 0.3) is 0 Å². The number of nitriles is 1. The van der Waals surface area contributed by atoms with Crippen LogP contribution in [0.5, 0.6) is 11.5 Å². The molecule has 0 bridgehead atoms. The van der Waals surface area contributed by atoms with Crippen molar-refractivity contribution in [2.24, 2.45) is 0 Å². The van der Waals surface area contributed by atoms with Crippen molar-refractivity contribution in [3.63, 3.8) is 0 Å². The van der Waals surface area contributed by atoms with Crippen LogP contribution in [0.1, 0.15) is 63.8 Å². The molecule has 11 nitrogen and oxygen atoms in total. The first-order valence-corrected chi connectivity index (χ1v) is 20.3. The summed E-state index contributed by atoms with van der Waals surface area (Å²) in [5.74, 6) is -0.0453. The molecule has 2 aliphatic rings. The van der Waals surface area contributed by atoms with Gasteiger partial charge in [-0.05, 0) is 95.3 Å². The number of fused-ring (bicyclic) bond motifs is 1. The minimum Gasteiger partial charge on any atom is -0.488 e. The lowest BCUT2D eigenvalue weighted by molar-refractivity contribution is -0.139. The van der Waals surface area contributed by atoms with Gasteiger partial charge in [0, 0.05) is 67.7 Å². The Morgan fingerprint density at radius 1 is 0.949 bits per heavy atom. The van der Waals surface area contributed by atoms with Crippen molar-refractivity contribution in [3.8, 4) is 39.8 Å². The van der Waals surface area contributed by atoms with E-state index in [9.17, 15) is 20.0 Å². The van der Waals surface area contributed by atoms with Crippen molar-refractivity contribution in [2.75, 3.05) is 13.1 Å². The molecule has 0 saturated carbocycles. The normalized spacial score (nSPS) is 16.3. The van der Waals surface area contributed by atoms with Gasteiger partial charge in [-0.2, -0.15) is 5.26 Å². The van der Waals surface area contributed by atoms with Gasteiger partial charge in [0.15, 0.2) is 0 Å². The van der Waals surface area contributed by atoms with E-state index >= 15 is 0 Å². The zero-order valence-electron chi connectivity index (χ0n) is 33.2. The summed E-state index contributed by atoms with van der Waals surface area (Å²) in [6.45, 7) is 5.76. The molecular formula is C47H48ClN5O6. The largest absolute Gasteiger partial charge is 0.488 e. The maximum atomic E-state index is 11.6. The summed E-state index contributed by atoms with van der Waals surface area (Å²) in [6.07, 6.45) is 5.14. The smallest absolute Gasteiger partial charge is 0.306 e. The standard InChI is InChI=1S/C47H48ClN5O6/c1-28-34(27-59-45-19-44(58-26-31-13-30(20-49)21-50-22-31)36(17-43(45)48)23-51-25-39(54)18-47(56)57)5-3-7-41(28)42-8-4-6-40(29(42)2)33-10-9-32-15-38(16-35(32)14-33)52-24-37-11-12-46(55)53-37/h3-10,13-14,17,19,21-22,37-39,51-52,54H,11-12,15-16,18,23-27H2,1-2H3,(H,53,55)(H,56,57)/t37?,38?,39-/m0/s1. The first kappa shape index (κ1) is 41.4. The lowest BCUT2D eigenvalue weighted by atomic mass is 9.89. The number of carbonyl (C=O) groups excluding carboxylic acids is 1. The number of carboxylic acids is 1. The topological polar surface area (TPSA) is 166 Å². The molecule has 5 N–H and O–H groups in total. The molecule has 0 radical (unpaired) electrons. The van der Waals surface area contributed by atoms with Crippen LogP contribution in [0.15, 0.2) is 85.2 Å². The number of hydrogen-bond acceptors (Lipinski definition) is 9. The summed E-state index contributed by atoms with van der Waals surface area (Å²) in [7, 11) is 0. The molecule has 304 valence electrons. The number of pyridine rings is 1. The average molecular weight is 814 g/mol. The quantitative estimate of drug-likeness (QED) is 0.0662. The highest BCUT2D eigenvalue weighted by Crippen LogP contribution is 2.38. The molecule has 1 fully saturated rings. The van der Waals surface area contributed by atoms with Gasteiger partial charge in [0.05, 0.1) is 23.1 Å². The SMILES string of the molecule is Cc1c(COc2cc(OCc3cncc(C#N)c3)c(CNC[C@@H](O)CC(=O)O)cc2Cl)cccc1-c1cccc(-c2ccc3c(c2)CC(NCC2CCC(=O)N2)C3)c1C. The maximum Gasteiger partial charge on any atom is 0.306 e. The molecule has 1 aliphatic carbocycles. The number of halogens is 1. The fraction of sp³-hybridized carbons (Fsp3) is 0.319. The van der Waals surface area contributed by atoms with E-state index in [2.05, 4.69) is 83.3 Å². The number of aliphatic hydroxyl groups is 1. The molecule has 1 aromatic heterocycles. The van der Waals surface area contributed by atoms with Crippen LogP contribution < -0.4 is 25.4 Å². The van der Waals surface area contributed by atoms with Crippen LogP contribution in [-0.2, 0) is 42.2 Å². The molecule has 2 heterocycles. The number of hydrogen-bond donors (Lipinski definition) is 5. The average Bonchev–Trinajstić information content (AvgIpc) is 3.84. The van der Waals surface area contributed by atoms with Gasteiger partial charge in [0.2, 0.25) is 5.91 Å². The number of nitrogens with one attached hydrogen (secondary N) is 3. The van der Waals surface area contributed by atoms with Crippen LogP contribution in [-0.4, -0.2) is 58.4 Å². The number of ether oxygens (including phenoxy) is 2. The third-order valence-electron chi connectivity index (χ3n) is 11.2. The van der Waals surface area contributed by atoms with Crippen LogP contribution in [0, 0.1) is 25.2 Å². The lowest BCUT2D eigenvalue weighted by Crippen LogP contribution is -2.40. The molecule has 1 amide bonds. The van der Waals surface area contributed by atoms with E-state index in [0.29, 0.717) is 45.7 Å². The number of carboxylic acid groups (broad SMARTS) is 1. The van der Waals surface area contributed by atoms with E-state index in [1.165, 1.54) is 34.0 Å². The Balaban J connectivity index is 1.06. The van der Waals surface area contributed by atoms with Crippen molar-refractivity contribution < 1.29 is 29.3 Å². The van der Waals surface area contributed by atoms with Crippen molar-refractivity contribution in [1.29, 1.82) is 5.26 Å². The van der Waals surface area contributed by atoms with Crippen molar-refractivity contribution in [1.82, 2.24) is 20.9 Å². The third-order valence-corrected chi connectivity index (χ3v) is 11.5. The number of nitrogens with zero attached hydrogens (tertiary/aromatic N) is 2. The Morgan fingerprint density at radius 2 is 1.71 bits per heavy atom. The molecule has 1 saturated heterocycles. The summed E-state index contributed by atoms with van der Waals surface area (Å²) in [6, 6.07) is 27.4. The van der Waals surface area contributed by atoms with Crippen molar-refractivity contribution in [3.05, 3.63) is 135 Å². The van der Waals surface area contributed by atoms with E-state index in [-0.39, 0.29) is 44.7 Å². The molecule has 3 atom stereocenters. The summed E-state index contributed by atoms with van der Waals surface area (Å²) in [5, 5.41) is 38.6. The van der Waals surface area contributed by atoms with Gasteiger partial charge in [0.1, 0.15) is 30.8 Å². The van der Waals surface area contributed by atoms with Crippen molar-refractivity contribution in [2.45, 2.75) is 83.9 Å². The second-order valence-electron chi connectivity index (χ2n) is 15.4. The van der Waals surface area contributed by atoms with Crippen LogP contribution in [0.25, 0.3) is 22.3 Å². The van der Waals surface area contributed by atoms with E-state index < -0.39 is 12.1 Å². The summed E-state index contributed by atoms with van der Waals surface area (Å²) in [5.41, 5.74) is 12.5. The molecule has 2 unspecified atom stereocenters. The van der Waals surface area contributed by atoms with Gasteiger partial charge in [-0.25, -0.2) is 0 Å². The second kappa shape index (κ2) is 18.9. The molecule has 4 aromatic carbocycles. The van der Waals surface area contributed by atoms with Gasteiger partial charge in [-0.15, -0.1) is 0 Å². The Hall–Kier alpha value is -5.77. The number of aliphatic hydroxyl groups excluding tert-OH is 1. The molecule has 12 heteroatoms. The number of benzene rings is 4. The Kier molecular flexibility index (Phi) is 13.2. The zero-order valence-corrected chi connectivity index (χ0v) is 33.9. The highest BCUT2D eigenvalue weighted by molar-refractivity contribution is 6.32. The summed E-state index contributed by atoms with van der Waals surface area (Å²) >= 11 is 6.79. The van der Waals surface area contributed by atoms with Gasteiger partial charge in [-0.1, -0.05) is 66.2 Å². The second-order valence-corrected chi connectivity index (χ2v) is 15.8. The first-order chi connectivity index (χ1) is 28.5. The highest BCUT2D eigenvalue weighted by Gasteiger charge is 2.26. The predicted octanol–water partition coefficient (Wildman–Crippen LogP) is 6.98. The first-order valence-electron chi connectivity index (χ1n) is 19.9. The summed E-state index contributed by atoms with van der Waals surface area (Å²) < 4.78 is 12.6. The number of aromatic nitrogens is 1. The zero-order chi connectivity index (χ0) is 41.5. The Bertz CT molecular complexity index is 2400. The van der Waals surface area contributed by atoms with E-state index in [1.807, 2.05) is 12.1 Å². The summed E-state index contributed by atoms with van der Waals surface area (Å²) in [4.78, 5) is 26.8. The Morgan fingerprint density at radius 3 is 2.49 bits per heavy atom. The third kappa shape index (κ3) is 10.3. The monoisotopic (exact) mass is 813 g/mol. The molecule has 5 aromatic rings. The Labute approximate surface area is 349 Å². The molecule has 59 heavy (non-hydrogen) atoms.